The minimum atomic E-state index is 0.140. The van der Waals surface area contributed by atoms with E-state index >= 15 is 0 Å². The number of hydrogen-bond acceptors (Lipinski definition) is 3. The van der Waals surface area contributed by atoms with E-state index in [-0.39, 0.29) is 5.54 Å². The highest BCUT2D eigenvalue weighted by molar-refractivity contribution is 5.05. The van der Waals surface area contributed by atoms with Gasteiger partial charge < -0.3 is 14.6 Å². The van der Waals surface area contributed by atoms with E-state index in [0.29, 0.717) is 6.04 Å². The van der Waals surface area contributed by atoms with E-state index in [0.717, 1.165) is 18.6 Å². The third-order valence-electron chi connectivity index (χ3n) is 3.82. The summed E-state index contributed by atoms with van der Waals surface area (Å²) < 4.78 is 5.43. The predicted molar refractivity (Wildman–Crippen MR) is 67.6 cm³/mol. The number of nitrogens with one attached hydrogen (secondary N) is 1. The van der Waals surface area contributed by atoms with E-state index in [2.05, 4.69) is 38.2 Å². The number of furan rings is 1. The van der Waals surface area contributed by atoms with E-state index in [9.17, 15) is 0 Å². The largest absolute Gasteiger partial charge is 0.469 e. The molecule has 16 heavy (non-hydrogen) atoms. The van der Waals surface area contributed by atoms with Gasteiger partial charge in [0.25, 0.3) is 0 Å². The third-order valence-corrected chi connectivity index (χ3v) is 3.82. The van der Waals surface area contributed by atoms with Crippen molar-refractivity contribution in [2.45, 2.75) is 38.3 Å². The summed E-state index contributed by atoms with van der Waals surface area (Å²) in [6.45, 7) is 4.52. The highest BCUT2D eigenvalue weighted by Crippen LogP contribution is 2.23. The van der Waals surface area contributed by atoms with Gasteiger partial charge in [0.15, 0.2) is 0 Å². The maximum Gasteiger partial charge on any atom is 0.105 e. The highest BCUT2D eigenvalue weighted by atomic mass is 16.3. The van der Waals surface area contributed by atoms with Crippen molar-refractivity contribution in [1.82, 2.24) is 10.2 Å². The van der Waals surface area contributed by atoms with E-state index in [1.54, 1.807) is 6.26 Å². The van der Waals surface area contributed by atoms with E-state index in [1.165, 1.54) is 0 Å². The summed E-state index contributed by atoms with van der Waals surface area (Å²) in [7, 11) is 6.29. The van der Waals surface area contributed by atoms with Crippen LogP contribution in [-0.2, 0) is 6.42 Å². The van der Waals surface area contributed by atoms with Gasteiger partial charge in [-0.05, 0) is 46.6 Å². The van der Waals surface area contributed by atoms with Crippen molar-refractivity contribution in [3.05, 3.63) is 24.2 Å². The molecule has 0 spiro atoms. The van der Waals surface area contributed by atoms with Crippen LogP contribution in [0.3, 0.4) is 0 Å². The summed E-state index contributed by atoms with van der Waals surface area (Å²) >= 11 is 0. The Morgan fingerprint density at radius 2 is 2.19 bits per heavy atom. The number of likely N-dealkylation sites (N-methyl/N-ethyl adjacent to an activating group) is 2. The normalized spacial score (nSPS) is 17.4. The van der Waals surface area contributed by atoms with Gasteiger partial charge in [0.05, 0.1) is 6.26 Å². The molecule has 0 aliphatic carbocycles. The molecule has 0 bridgehead atoms. The van der Waals surface area contributed by atoms with Crippen molar-refractivity contribution in [3.63, 3.8) is 0 Å². The molecule has 0 aliphatic heterocycles. The van der Waals surface area contributed by atoms with E-state index < -0.39 is 0 Å². The zero-order valence-corrected chi connectivity index (χ0v) is 11.1. The topological polar surface area (TPSA) is 28.4 Å². The lowest BCUT2D eigenvalue weighted by Gasteiger charge is -2.42. The van der Waals surface area contributed by atoms with E-state index in [4.69, 9.17) is 4.42 Å². The molecule has 1 rings (SSSR count). The Labute approximate surface area is 98.8 Å². The van der Waals surface area contributed by atoms with Crippen molar-refractivity contribution < 1.29 is 4.42 Å². The van der Waals surface area contributed by atoms with Gasteiger partial charge in [-0.1, -0.05) is 6.92 Å². The van der Waals surface area contributed by atoms with Crippen LogP contribution in [0.4, 0.5) is 0 Å². The monoisotopic (exact) mass is 224 g/mol. The minimum Gasteiger partial charge on any atom is -0.469 e. The van der Waals surface area contributed by atoms with Gasteiger partial charge in [-0.2, -0.15) is 0 Å². The van der Waals surface area contributed by atoms with E-state index in [1.807, 2.05) is 19.2 Å². The molecule has 0 radical (unpaired) electrons. The van der Waals surface area contributed by atoms with Crippen molar-refractivity contribution in [2.24, 2.45) is 0 Å². The summed E-state index contributed by atoms with van der Waals surface area (Å²) in [5, 5.41) is 3.41. The van der Waals surface area contributed by atoms with Crippen LogP contribution >= 0.6 is 0 Å². The molecular formula is C13H24N2O. The molecule has 0 amide bonds. The van der Waals surface area contributed by atoms with Crippen molar-refractivity contribution in [2.75, 3.05) is 21.1 Å². The molecule has 3 nitrogen and oxygen atoms in total. The van der Waals surface area contributed by atoms with Crippen LogP contribution in [0.5, 0.6) is 0 Å². The first-order valence-corrected chi connectivity index (χ1v) is 5.91. The lowest BCUT2D eigenvalue weighted by Crippen LogP contribution is -2.56. The molecule has 2 atom stereocenters. The lowest BCUT2D eigenvalue weighted by molar-refractivity contribution is 0.113. The number of nitrogens with zero attached hydrogens (tertiary/aromatic N) is 1. The first-order chi connectivity index (χ1) is 7.54. The Hall–Kier alpha value is -0.800. The fourth-order valence-corrected chi connectivity index (χ4v) is 2.14. The fourth-order valence-electron chi connectivity index (χ4n) is 2.14. The van der Waals surface area contributed by atoms with Crippen LogP contribution in [0.2, 0.25) is 0 Å². The second kappa shape index (κ2) is 5.51. The zero-order valence-electron chi connectivity index (χ0n) is 11.1. The van der Waals surface area contributed by atoms with Crippen molar-refractivity contribution in [3.8, 4) is 0 Å². The second-order valence-corrected chi connectivity index (χ2v) is 4.73. The van der Waals surface area contributed by atoms with Gasteiger partial charge in [0.1, 0.15) is 5.76 Å². The van der Waals surface area contributed by atoms with Gasteiger partial charge in [0.2, 0.25) is 0 Å². The van der Waals surface area contributed by atoms with Crippen LogP contribution < -0.4 is 5.32 Å². The molecule has 3 heteroatoms. The molecule has 1 N–H and O–H groups in total. The number of rotatable bonds is 6. The SMILES string of the molecule is CCC(C)(C(Cc1ccco1)NC)N(C)C. The average Bonchev–Trinajstić information content (AvgIpc) is 2.77. The molecule has 92 valence electrons. The predicted octanol–water partition coefficient (Wildman–Crippen LogP) is 2.14. The van der Waals surface area contributed by atoms with Crippen molar-refractivity contribution >= 4 is 0 Å². The molecule has 1 aromatic rings. The molecule has 0 saturated heterocycles. The van der Waals surface area contributed by atoms with Gasteiger partial charge in [-0.25, -0.2) is 0 Å². The van der Waals surface area contributed by atoms with Crippen LogP contribution in [0.1, 0.15) is 26.0 Å². The lowest BCUT2D eigenvalue weighted by atomic mass is 9.85. The first-order valence-electron chi connectivity index (χ1n) is 5.91. The van der Waals surface area contributed by atoms with Crippen LogP contribution in [-0.4, -0.2) is 37.6 Å². The summed E-state index contributed by atoms with van der Waals surface area (Å²) in [6.07, 6.45) is 3.76. The summed E-state index contributed by atoms with van der Waals surface area (Å²) in [5.41, 5.74) is 0.140. The molecule has 0 aromatic carbocycles. The van der Waals surface area contributed by atoms with Crippen LogP contribution in [0.25, 0.3) is 0 Å². The highest BCUT2D eigenvalue weighted by Gasteiger charge is 2.34. The molecule has 1 aromatic heterocycles. The Kier molecular flexibility index (Phi) is 4.56. The Morgan fingerprint density at radius 3 is 2.56 bits per heavy atom. The molecule has 0 saturated carbocycles. The molecule has 1 heterocycles. The Balaban J connectivity index is 2.79. The molecule has 0 aliphatic rings. The van der Waals surface area contributed by atoms with Crippen LogP contribution in [0, 0.1) is 0 Å². The quantitative estimate of drug-likeness (QED) is 0.802. The average molecular weight is 224 g/mol. The standard InChI is InChI=1S/C13H24N2O/c1-6-13(2,15(4)5)12(14-3)10-11-8-7-9-16-11/h7-9,12,14H,6,10H2,1-5H3. The summed E-state index contributed by atoms with van der Waals surface area (Å²) in [6, 6.07) is 4.37. The third kappa shape index (κ3) is 2.66. The van der Waals surface area contributed by atoms with Crippen LogP contribution in [0.15, 0.2) is 22.8 Å². The first kappa shape index (κ1) is 13.3. The maximum atomic E-state index is 5.43. The Morgan fingerprint density at radius 1 is 1.50 bits per heavy atom. The second-order valence-electron chi connectivity index (χ2n) is 4.73. The zero-order chi connectivity index (χ0) is 12.2. The molecular weight excluding hydrogens is 200 g/mol. The molecule has 2 unspecified atom stereocenters. The minimum absolute atomic E-state index is 0.140. The maximum absolute atomic E-state index is 5.43. The van der Waals surface area contributed by atoms with Gasteiger partial charge >= 0.3 is 0 Å². The summed E-state index contributed by atoms with van der Waals surface area (Å²) in [5.74, 6) is 1.04. The smallest absolute Gasteiger partial charge is 0.105 e. The van der Waals surface area contributed by atoms with Crippen molar-refractivity contribution in [1.29, 1.82) is 0 Å². The summed E-state index contributed by atoms with van der Waals surface area (Å²) in [4.78, 5) is 2.29. The Bertz CT molecular complexity index is 295. The fraction of sp³-hybridized carbons (Fsp3) is 0.692. The van der Waals surface area contributed by atoms with Gasteiger partial charge in [0, 0.05) is 18.0 Å². The number of hydrogen-bond donors (Lipinski definition) is 1. The molecule has 0 fully saturated rings. The van der Waals surface area contributed by atoms with Gasteiger partial charge in [-0.3, -0.25) is 0 Å². The van der Waals surface area contributed by atoms with Gasteiger partial charge in [-0.15, -0.1) is 0 Å².